The fourth-order valence-electron chi connectivity index (χ4n) is 1.61. The largest absolute Gasteiger partial charge is 0.413 e. The standard InChI is InChI=1S/C12H8Cl2N4/c13-8-5-6(1-3-9(8)15)7-2-4-10(16)11(14)12(7)18-17/h1-5,15-17H/p+1. The summed E-state index contributed by atoms with van der Waals surface area (Å²) in [5.74, 6) is 0. The summed E-state index contributed by atoms with van der Waals surface area (Å²) in [6, 6.07) is 8.45. The van der Waals surface area contributed by atoms with Crippen molar-refractivity contribution in [3.8, 4) is 11.1 Å². The lowest BCUT2D eigenvalue weighted by Crippen LogP contribution is -1.89. The summed E-state index contributed by atoms with van der Waals surface area (Å²) in [5, 5.41) is 9.65. The van der Waals surface area contributed by atoms with Crippen molar-refractivity contribution in [2.45, 2.75) is 0 Å². The Morgan fingerprint density at radius 3 is 2.28 bits per heavy atom. The zero-order chi connectivity index (χ0) is 13.3. The molecule has 0 aliphatic heterocycles. The average Bonchev–Trinajstić information content (AvgIpc) is 2.36. The first kappa shape index (κ1) is 12.5. The van der Waals surface area contributed by atoms with Gasteiger partial charge in [0.1, 0.15) is 0 Å². The first-order valence-electron chi connectivity index (χ1n) is 5.03. The van der Waals surface area contributed by atoms with Crippen LogP contribution in [0.3, 0.4) is 0 Å². The van der Waals surface area contributed by atoms with Gasteiger partial charge in [-0.3, -0.25) is 0 Å². The van der Waals surface area contributed by atoms with Gasteiger partial charge in [0.05, 0.1) is 22.0 Å². The molecule has 0 aliphatic rings. The van der Waals surface area contributed by atoms with Gasteiger partial charge >= 0.3 is 5.69 Å². The van der Waals surface area contributed by atoms with Crippen LogP contribution >= 0.6 is 23.2 Å². The Morgan fingerprint density at radius 2 is 1.67 bits per heavy atom. The zero-order valence-electron chi connectivity index (χ0n) is 9.19. The molecule has 0 saturated carbocycles. The van der Waals surface area contributed by atoms with Gasteiger partial charge in [-0.15, -0.1) is 0 Å². The molecule has 0 bridgehead atoms. The molecule has 4 nitrogen and oxygen atoms in total. The molecule has 0 aromatic heterocycles. The molecule has 6 heteroatoms. The summed E-state index contributed by atoms with van der Waals surface area (Å²) in [4.78, 5) is 3.17. The number of nitrogen functional groups attached to an aromatic ring is 2. The number of diazo groups is 1. The van der Waals surface area contributed by atoms with Gasteiger partial charge in [0.2, 0.25) is 5.39 Å². The lowest BCUT2D eigenvalue weighted by Gasteiger charge is -2.04. The number of hydrogen-bond acceptors (Lipinski definition) is 3. The Bertz CT molecular complexity index is 662. The maximum atomic E-state index is 9.04. The average molecular weight is 280 g/mol. The van der Waals surface area contributed by atoms with E-state index in [-0.39, 0.29) is 10.7 Å². The molecule has 0 saturated heterocycles. The Balaban J connectivity index is 2.68. The molecule has 0 aliphatic carbocycles. The summed E-state index contributed by atoms with van der Waals surface area (Å²) >= 11 is 11.9. The van der Waals surface area contributed by atoms with E-state index in [2.05, 4.69) is 4.98 Å². The van der Waals surface area contributed by atoms with E-state index in [0.29, 0.717) is 22.0 Å². The molecule has 2 aromatic carbocycles. The number of halogens is 2. The van der Waals surface area contributed by atoms with Crippen LogP contribution < -0.4 is 11.5 Å². The maximum Gasteiger partial charge on any atom is 0.413 e. The maximum absolute atomic E-state index is 9.04. The molecule has 0 atom stereocenters. The number of rotatable bonds is 1. The van der Waals surface area contributed by atoms with E-state index in [4.69, 9.17) is 40.1 Å². The molecule has 0 amide bonds. The second-order valence-electron chi connectivity index (χ2n) is 3.70. The Morgan fingerprint density at radius 1 is 1.00 bits per heavy atom. The molecular formula is C12H9Cl2N4+. The van der Waals surface area contributed by atoms with E-state index in [9.17, 15) is 0 Å². The number of nitrogens with zero attached hydrogens (tertiary/aromatic N) is 2. The van der Waals surface area contributed by atoms with Crippen molar-refractivity contribution >= 4 is 40.3 Å². The first-order valence-corrected chi connectivity index (χ1v) is 5.78. The third-order valence-electron chi connectivity index (χ3n) is 2.56. The van der Waals surface area contributed by atoms with E-state index >= 15 is 0 Å². The van der Waals surface area contributed by atoms with Gasteiger partial charge in [0, 0.05) is 0 Å². The number of benzene rings is 2. The van der Waals surface area contributed by atoms with Crippen LogP contribution in [0.25, 0.3) is 16.1 Å². The van der Waals surface area contributed by atoms with Gasteiger partial charge in [0.25, 0.3) is 0 Å². The minimum absolute atomic E-state index is 0.197. The molecule has 2 aromatic rings. The molecule has 0 unspecified atom stereocenters. The zero-order valence-corrected chi connectivity index (χ0v) is 10.7. The highest BCUT2D eigenvalue weighted by Gasteiger charge is 2.22. The van der Waals surface area contributed by atoms with Crippen molar-refractivity contribution in [1.29, 1.82) is 5.39 Å². The van der Waals surface area contributed by atoms with Crippen LogP contribution in [0.5, 0.6) is 0 Å². The third-order valence-corrected chi connectivity index (χ3v) is 3.28. The van der Waals surface area contributed by atoms with Crippen molar-refractivity contribution < 1.29 is 0 Å². The van der Waals surface area contributed by atoms with Crippen LogP contribution in [0, 0.1) is 5.39 Å². The summed E-state index contributed by atoms with van der Waals surface area (Å²) in [6.07, 6.45) is 0. The van der Waals surface area contributed by atoms with Crippen molar-refractivity contribution in [3.05, 3.63) is 45.4 Å². The van der Waals surface area contributed by atoms with E-state index in [1.54, 1.807) is 30.3 Å². The fourth-order valence-corrected chi connectivity index (χ4v) is 1.99. The summed E-state index contributed by atoms with van der Waals surface area (Å²) in [7, 11) is 0. The quantitative estimate of drug-likeness (QED) is 0.603. The SMILES string of the molecule is N#[N+]c1c(-c2ccc(N)c(Cl)c2)ccc(N)c1Cl. The van der Waals surface area contributed by atoms with E-state index in [1.165, 1.54) is 0 Å². The van der Waals surface area contributed by atoms with Crippen LogP contribution in [-0.4, -0.2) is 0 Å². The molecule has 0 radical (unpaired) electrons. The Kier molecular flexibility index (Phi) is 3.28. The smallest absolute Gasteiger partial charge is 0.398 e. The minimum atomic E-state index is 0.197. The van der Waals surface area contributed by atoms with Crippen LogP contribution in [0.15, 0.2) is 30.3 Å². The minimum Gasteiger partial charge on any atom is -0.398 e. The molecule has 4 N–H and O–H groups in total. The second kappa shape index (κ2) is 4.73. The van der Waals surface area contributed by atoms with Crippen LogP contribution in [0.1, 0.15) is 0 Å². The van der Waals surface area contributed by atoms with Crippen molar-refractivity contribution in [3.63, 3.8) is 0 Å². The lowest BCUT2D eigenvalue weighted by molar-refractivity contribution is 1.46. The van der Waals surface area contributed by atoms with Gasteiger partial charge in [-0.25, -0.2) is 0 Å². The van der Waals surface area contributed by atoms with Crippen molar-refractivity contribution in [2.24, 2.45) is 0 Å². The molecular weight excluding hydrogens is 271 g/mol. The summed E-state index contributed by atoms with van der Waals surface area (Å²) in [6.45, 7) is 0. The number of nitrogens with two attached hydrogens (primary N) is 2. The number of hydrogen-bond donors (Lipinski definition) is 2. The molecule has 90 valence electrons. The predicted octanol–water partition coefficient (Wildman–Crippen LogP) is 4.31. The second-order valence-corrected chi connectivity index (χ2v) is 4.49. The molecule has 0 spiro atoms. The van der Waals surface area contributed by atoms with Gasteiger partial charge in [0.15, 0.2) is 10.00 Å². The summed E-state index contributed by atoms with van der Waals surface area (Å²) < 4.78 is 0. The highest BCUT2D eigenvalue weighted by atomic mass is 35.5. The normalized spacial score (nSPS) is 10.1. The lowest BCUT2D eigenvalue weighted by atomic mass is 10.0. The highest BCUT2D eigenvalue weighted by Crippen LogP contribution is 2.40. The van der Waals surface area contributed by atoms with Gasteiger partial charge in [-0.05, 0) is 29.8 Å². The monoisotopic (exact) mass is 279 g/mol. The van der Waals surface area contributed by atoms with E-state index in [0.717, 1.165) is 5.56 Å². The molecule has 2 rings (SSSR count). The van der Waals surface area contributed by atoms with Crippen molar-refractivity contribution in [1.82, 2.24) is 0 Å². The first-order chi connectivity index (χ1) is 8.54. The van der Waals surface area contributed by atoms with E-state index < -0.39 is 0 Å². The highest BCUT2D eigenvalue weighted by molar-refractivity contribution is 6.36. The van der Waals surface area contributed by atoms with Gasteiger partial charge in [-0.1, -0.05) is 29.3 Å². The Labute approximate surface area is 114 Å². The summed E-state index contributed by atoms with van der Waals surface area (Å²) in [5.41, 5.74) is 13.7. The topological polar surface area (TPSA) is 80.2 Å². The molecule has 18 heavy (non-hydrogen) atoms. The fraction of sp³-hybridized carbons (Fsp3) is 0. The van der Waals surface area contributed by atoms with Crippen LogP contribution in [-0.2, 0) is 0 Å². The van der Waals surface area contributed by atoms with Gasteiger partial charge in [-0.2, -0.15) is 0 Å². The van der Waals surface area contributed by atoms with Crippen molar-refractivity contribution in [2.75, 3.05) is 11.5 Å². The molecule has 0 fully saturated rings. The Hall–Kier alpha value is -1.96. The van der Waals surface area contributed by atoms with Crippen LogP contribution in [0.2, 0.25) is 10.0 Å². The predicted molar refractivity (Wildman–Crippen MR) is 75.5 cm³/mol. The third kappa shape index (κ3) is 2.06. The van der Waals surface area contributed by atoms with E-state index in [1.807, 2.05) is 0 Å². The number of anilines is 2. The van der Waals surface area contributed by atoms with Gasteiger partial charge < -0.3 is 11.5 Å². The molecule has 0 heterocycles. The van der Waals surface area contributed by atoms with Crippen LogP contribution in [0.4, 0.5) is 17.1 Å².